The summed E-state index contributed by atoms with van der Waals surface area (Å²) in [6, 6.07) is 4.21. The van der Waals surface area contributed by atoms with Crippen molar-refractivity contribution in [3.8, 4) is 11.5 Å². The van der Waals surface area contributed by atoms with E-state index in [0.717, 1.165) is 37.3 Å². The Kier molecular flexibility index (Phi) is 3.87. The fourth-order valence-electron chi connectivity index (χ4n) is 2.56. The summed E-state index contributed by atoms with van der Waals surface area (Å²) in [7, 11) is 0. The van der Waals surface area contributed by atoms with Gasteiger partial charge in [0, 0.05) is 30.7 Å². The van der Waals surface area contributed by atoms with Gasteiger partial charge in [0.15, 0.2) is 5.82 Å². The summed E-state index contributed by atoms with van der Waals surface area (Å²) in [6.45, 7) is 8.05. The third kappa shape index (κ3) is 3.11. The van der Waals surface area contributed by atoms with Gasteiger partial charge in [0.2, 0.25) is 0 Å². The predicted molar refractivity (Wildman–Crippen MR) is 85.7 cm³/mol. The normalized spacial score (nSPS) is 19.5. The second kappa shape index (κ2) is 5.68. The number of nitrogens with zero attached hydrogens (tertiary/aromatic N) is 4. The number of anilines is 1. The first kappa shape index (κ1) is 15.0. The highest BCUT2D eigenvalue weighted by Gasteiger charge is 2.22. The third-order valence-electron chi connectivity index (χ3n) is 3.87. The number of hydrogen-bond acceptors (Lipinski definition) is 6. The highest BCUT2D eigenvalue weighted by molar-refractivity contribution is 5.55. The minimum Gasteiger partial charge on any atom is -0.355 e. The fraction of sp³-hybridized carbons (Fsp3) is 0.562. The summed E-state index contributed by atoms with van der Waals surface area (Å²) in [5.41, 5.74) is 6.74. The van der Waals surface area contributed by atoms with Gasteiger partial charge in [-0.15, -0.1) is 0 Å². The van der Waals surface area contributed by atoms with Crippen LogP contribution in [-0.2, 0) is 5.41 Å². The Balaban J connectivity index is 1.78. The average Bonchev–Trinajstić information content (AvgIpc) is 2.97. The van der Waals surface area contributed by atoms with Gasteiger partial charge in [-0.3, -0.25) is 0 Å². The Morgan fingerprint density at radius 2 is 2.14 bits per heavy atom. The van der Waals surface area contributed by atoms with Crippen LogP contribution in [0, 0.1) is 0 Å². The van der Waals surface area contributed by atoms with Gasteiger partial charge in [-0.1, -0.05) is 25.9 Å². The smallest absolute Gasteiger partial charge is 0.259 e. The summed E-state index contributed by atoms with van der Waals surface area (Å²) in [6.07, 6.45) is 3.99. The van der Waals surface area contributed by atoms with E-state index in [1.165, 1.54) is 0 Å². The summed E-state index contributed by atoms with van der Waals surface area (Å²) in [5.74, 6) is 2.17. The molecule has 22 heavy (non-hydrogen) atoms. The molecule has 118 valence electrons. The summed E-state index contributed by atoms with van der Waals surface area (Å²) < 4.78 is 5.34. The minimum atomic E-state index is -0.126. The Labute approximate surface area is 130 Å². The molecule has 1 unspecified atom stereocenters. The molecular weight excluding hydrogens is 278 g/mol. The lowest BCUT2D eigenvalue weighted by molar-refractivity contribution is 0.402. The van der Waals surface area contributed by atoms with Gasteiger partial charge in [0.1, 0.15) is 5.82 Å². The van der Waals surface area contributed by atoms with Crippen LogP contribution in [0.5, 0.6) is 0 Å². The molecule has 0 radical (unpaired) electrons. The zero-order chi connectivity index (χ0) is 15.7. The van der Waals surface area contributed by atoms with Crippen LogP contribution in [0.2, 0.25) is 0 Å². The Morgan fingerprint density at radius 1 is 1.32 bits per heavy atom. The maximum Gasteiger partial charge on any atom is 0.259 e. The van der Waals surface area contributed by atoms with E-state index < -0.39 is 0 Å². The number of nitrogens with two attached hydrogens (primary N) is 1. The molecule has 3 rings (SSSR count). The van der Waals surface area contributed by atoms with Gasteiger partial charge in [-0.05, 0) is 25.0 Å². The van der Waals surface area contributed by atoms with Gasteiger partial charge in [0.25, 0.3) is 5.89 Å². The first-order valence-corrected chi connectivity index (χ1v) is 7.74. The van der Waals surface area contributed by atoms with Crippen LogP contribution >= 0.6 is 0 Å². The van der Waals surface area contributed by atoms with Crippen molar-refractivity contribution >= 4 is 5.82 Å². The molecule has 0 spiro atoms. The predicted octanol–water partition coefficient (Wildman–Crippen LogP) is 2.36. The molecular formula is C16H23N5O. The highest BCUT2D eigenvalue weighted by Crippen LogP contribution is 2.25. The lowest BCUT2D eigenvalue weighted by Crippen LogP contribution is -2.43. The molecule has 1 fully saturated rings. The van der Waals surface area contributed by atoms with E-state index in [0.29, 0.717) is 11.7 Å². The third-order valence-corrected chi connectivity index (χ3v) is 3.87. The van der Waals surface area contributed by atoms with Crippen LogP contribution in [0.4, 0.5) is 5.82 Å². The highest BCUT2D eigenvalue weighted by atomic mass is 16.5. The average molecular weight is 301 g/mol. The lowest BCUT2D eigenvalue weighted by Gasteiger charge is -2.31. The Bertz CT molecular complexity index is 629. The van der Waals surface area contributed by atoms with Crippen LogP contribution in [0.15, 0.2) is 22.9 Å². The molecule has 6 nitrogen and oxygen atoms in total. The van der Waals surface area contributed by atoms with Crippen molar-refractivity contribution in [3.63, 3.8) is 0 Å². The zero-order valence-corrected chi connectivity index (χ0v) is 13.4. The van der Waals surface area contributed by atoms with E-state index in [4.69, 9.17) is 10.3 Å². The first-order valence-electron chi connectivity index (χ1n) is 7.74. The van der Waals surface area contributed by atoms with E-state index in [1.54, 1.807) is 6.20 Å². The molecule has 1 aliphatic rings. The summed E-state index contributed by atoms with van der Waals surface area (Å²) >= 11 is 0. The van der Waals surface area contributed by atoms with Gasteiger partial charge in [0.05, 0.1) is 5.56 Å². The van der Waals surface area contributed by atoms with Crippen molar-refractivity contribution < 1.29 is 4.52 Å². The molecule has 0 aromatic carbocycles. The zero-order valence-electron chi connectivity index (χ0n) is 13.4. The SMILES string of the molecule is CC(C)(C)c1noc(-c2ccc(N3CCCC(N)C3)nc2)n1. The second-order valence-corrected chi connectivity index (χ2v) is 6.93. The van der Waals surface area contributed by atoms with Crippen LogP contribution in [-0.4, -0.2) is 34.3 Å². The molecule has 0 aliphatic carbocycles. The number of piperidine rings is 1. The van der Waals surface area contributed by atoms with Gasteiger partial charge in [-0.2, -0.15) is 4.98 Å². The molecule has 6 heteroatoms. The van der Waals surface area contributed by atoms with E-state index >= 15 is 0 Å². The number of hydrogen-bond donors (Lipinski definition) is 1. The molecule has 2 N–H and O–H groups in total. The standard InChI is InChI=1S/C16H23N5O/c1-16(2,3)15-19-14(22-20-15)11-6-7-13(18-9-11)21-8-4-5-12(17)10-21/h6-7,9,12H,4-5,8,10,17H2,1-3H3. The maximum atomic E-state index is 6.02. The van der Waals surface area contributed by atoms with E-state index in [9.17, 15) is 0 Å². The second-order valence-electron chi connectivity index (χ2n) is 6.93. The van der Waals surface area contributed by atoms with E-state index in [2.05, 4.69) is 40.8 Å². The summed E-state index contributed by atoms with van der Waals surface area (Å²) in [5, 5.41) is 4.05. The molecule has 1 aliphatic heterocycles. The van der Waals surface area contributed by atoms with Gasteiger partial charge in [-0.25, -0.2) is 4.98 Å². The van der Waals surface area contributed by atoms with Crippen molar-refractivity contribution in [1.29, 1.82) is 0 Å². The van der Waals surface area contributed by atoms with Crippen molar-refractivity contribution in [2.45, 2.75) is 45.1 Å². The first-order chi connectivity index (χ1) is 10.4. The van der Waals surface area contributed by atoms with E-state index in [-0.39, 0.29) is 11.5 Å². The van der Waals surface area contributed by atoms with Crippen molar-refractivity contribution in [1.82, 2.24) is 15.1 Å². The largest absolute Gasteiger partial charge is 0.355 e. The molecule has 0 amide bonds. The Hall–Kier alpha value is -1.95. The molecule has 0 bridgehead atoms. The van der Waals surface area contributed by atoms with Crippen molar-refractivity contribution in [2.24, 2.45) is 5.73 Å². The van der Waals surface area contributed by atoms with Gasteiger partial charge >= 0.3 is 0 Å². The molecule has 0 saturated carbocycles. The van der Waals surface area contributed by atoms with E-state index in [1.807, 2.05) is 12.1 Å². The molecule has 3 heterocycles. The number of pyridine rings is 1. The van der Waals surface area contributed by atoms with Crippen LogP contribution in [0.3, 0.4) is 0 Å². The minimum absolute atomic E-state index is 0.126. The Morgan fingerprint density at radius 3 is 2.73 bits per heavy atom. The molecule has 1 saturated heterocycles. The number of rotatable bonds is 2. The molecule has 1 atom stereocenters. The van der Waals surface area contributed by atoms with Crippen LogP contribution in [0.25, 0.3) is 11.5 Å². The maximum absolute atomic E-state index is 6.02. The fourth-order valence-corrected chi connectivity index (χ4v) is 2.56. The topological polar surface area (TPSA) is 81.1 Å². The monoisotopic (exact) mass is 301 g/mol. The van der Waals surface area contributed by atoms with Crippen LogP contribution < -0.4 is 10.6 Å². The van der Waals surface area contributed by atoms with Crippen LogP contribution in [0.1, 0.15) is 39.4 Å². The molecule has 2 aromatic rings. The molecule has 2 aromatic heterocycles. The number of aromatic nitrogens is 3. The quantitative estimate of drug-likeness (QED) is 0.917. The summed E-state index contributed by atoms with van der Waals surface area (Å²) in [4.78, 5) is 11.2. The van der Waals surface area contributed by atoms with Crippen molar-refractivity contribution in [2.75, 3.05) is 18.0 Å². The van der Waals surface area contributed by atoms with Crippen molar-refractivity contribution in [3.05, 3.63) is 24.2 Å². The van der Waals surface area contributed by atoms with Gasteiger partial charge < -0.3 is 15.2 Å². The lowest BCUT2D eigenvalue weighted by atomic mass is 9.96.